The third-order valence-corrected chi connectivity index (χ3v) is 7.78. The highest BCUT2D eigenvalue weighted by atomic mass is 16.7. The van der Waals surface area contributed by atoms with Crippen molar-refractivity contribution in [1.29, 1.82) is 0 Å². The first kappa shape index (κ1) is 25.2. The Bertz CT molecular complexity index is 1450. The Morgan fingerprint density at radius 2 is 1.59 bits per heavy atom. The van der Waals surface area contributed by atoms with Crippen LogP contribution in [0.5, 0.6) is 23.0 Å². The zero-order chi connectivity index (χ0) is 26.8. The van der Waals surface area contributed by atoms with Crippen LogP contribution in [-0.4, -0.2) is 61.8 Å². The molecule has 0 amide bonds. The fourth-order valence-corrected chi connectivity index (χ4v) is 5.69. The van der Waals surface area contributed by atoms with Crippen molar-refractivity contribution in [2.75, 3.05) is 45.5 Å². The molecule has 3 heterocycles. The smallest absolute Gasteiger partial charge is 0.231 e. The normalized spacial score (nSPS) is 15.5. The number of methoxy groups -OCH3 is 2. The zero-order valence-electron chi connectivity index (χ0n) is 22.7. The Labute approximate surface area is 229 Å². The number of hydrogen-bond acceptors (Lipinski definition) is 8. The van der Waals surface area contributed by atoms with Gasteiger partial charge in [-0.1, -0.05) is 6.07 Å². The molecule has 39 heavy (non-hydrogen) atoms. The van der Waals surface area contributed by atoms with Gasteiger partial charge in [-0.05, 0) is 79.9 Å². The lowest BCUT2D eigenvalue weighted by molar-refractivity contribution is 0.173. The standard InChI is InChI=1S/C31H34N4O4/c1-4-35(23-13-15-34(16-14-23)19-21-5-12-28-29(17-21)39-20-38-28)31-27-18-25(37-3)10-11-26(27)30(32-33-31)22-6-8-24(36-2)9-7-22/h5-12,17-18,23H,4,13-16,19-20H2,1-3H3. The number of hydrogen-bond donors (Lipinski definition) is 0. The summed E-state index contributed by atoms with van der Waals surface area (Å²) in [7, 11) is 3.37. The van der Waals surface area contributed by atoms with E-state index in [4.69, 9.17) is 29.1 Å². The quantitative estimate of drug-likeness (QED) is 0.297. The number of likely N-dealkylation sites (tertiary alicyclic amines) is 1. The molecule has 0 aliphatic carbocycles. The van der Waals surface area contributed by atoms with Gasteiger partial charge in [0.15, 0.2) is 17.3 Å². The summed E-state index contributed by atoms with van der Waals surface area (Å²) >= 11 is 0. The maximum absolute atomic E-state index is 5.60. The molecule has 1 fully saturated rings. The Kier molecular flexibility index (Phi) is 7.11. The average molecular weight is 527 g/mol. The first-order valence-corrected chi connectivity index (χ1v) is 13.5. The lowest BCUT2D eigenvalue weighted by atomic mass is 10.00. The molecule has 6 rings (SSSR count). The zero-order valence-corrected chi connectivity index (χ0v) is 22.7. The van der Waals surface area contributed by atoms with Gasteiger partial charge in [-0.3, -0.25) is 4.90 Å². The molecule has 0 unspecified atom stereocenters. The van der Waals surface area contributed by atoms with Crippen LogP contribution >= 0.6 is 0 Å². The maximum atomic E-state index is 5.60. The Morgan fingerprint density at radius 3 is 2.33 bits per heavy atom. The van der Waals surface area contributed by atoms with Gasteiger partial charge in [0.25, 0.3) is 0 Å². The SMILES string of the molecule is CCN(c1nnc(-c2ccc(OC)cc2)c2ccc(OC)cc12)C1CCN(Cc2ccc3c(c2)OCO3)CC1. The number of ether oxygens (including phenoxy) is 4. The van der Waals surface area contributed by atoms with E-state index in [1.54, 1.807) is 14.2 Å². The van der Waals surface area contributed by atoms with Crippen molar-refractivity contribution in [2.24, 2.45) is 0 Å². The summed E-state index contributed by atoms with van der Waals surface area (Å²) in [6, 6.07) is 20.8. The van der Waals surface area contributed by atoms with Crippen molar-refractivity contribution in [1.82, 2.24) is 15.1 Å². The van der Waals surface area contributed by atoms with Crippen LogP contribution in [0.2, 0.25) is 0 Å². The number of anilines is 1. The molecule has 0 saturated carbocycles. The lowest BCUT2D eigenvalue weighted by Gasteiger charge is -2.39. The molecule has 0 spiro atoms. The third-order valence-electron chi connectivity index (χ3n) is 7.78. The van der Waals surface area contributed by atoms with Gasteiger partial charge < -0.3 is 23.8 Å². The number of benzene rings is 3. The van der Waals surface area contributed by atoms with Gasteiger partial charge in [-0.2, -0.15) is 0 Å². The van der Waals surface area contributed by atoms with Crippen molar-refractivity contribution in [2.45, 2.75) is 32.4 Å². The fourth-order valence-electron chi connectivity index (χ4n) is 5.69. The Hall–Kier alpha value is -4.04. The van der Waals surface area contributed by atoms with Gasteiger partial charge in [-0.15, -0.1) is 10.2 Å². The Morgan fingerprint density at radius 1 is 0.846 bits per heavy atom. The van der Waals surface area contributed by atoms with E-state index < -0.39 is 0 Å². The highest BCUT2D eigenvalue weighted by Crippen LogP contribution is 2.37. The minimum Gasteiger partial charge on any atom is -0.497 e. The number of piperidine rings is 1. The molecule has 0 N–H and O–H groups in total. The van der Waals surface area contributed by atoms with Crippen LogP contribution < -0.4 is 23.8 Å². The first-order valence-electron chi connectivity index (χ1n) is 13.5. The van der Waals surface area contributed by atoms with Gasteiger partial charge >= 0.3 is 0 Å². The number of fused-ring (bicyclic) bond motifs is 2. The lowest BCUT2D eigenvalue weighted by Crippen LogP contribution is -2.45. The molecule has 2 aliphatic rings. The molecular formula is C31H34N4O4. The molecule has 4 aromatic rings. The summed E-state index contributed by atoms with van der Waals surface area (Å²) in [6.45, 7) is 6.32. The summed E-state index contributed by atoms with van der Waals surface area (Å²) in [5, 5.41) is 11.7. The highest BCUT2D eigenvalue weighted by Gasteiger charge is 2.27. The van der Waals surface area contributed by atoms with Crippen molar-refractivity contribution in [3.63, 3.8) is 0 Å². The second-order valence-electron chi connectivity index (χ2n) is 9.99. The maximum Gasteiger partial charge on any atom is 0.231 e. The monoisotopic (exact) mass is 526 g/mol. The minimum atomic E-state index is 0.307. The van der Waals surface area contributed by atoms with E-state index in [1.807, 2.05) is 36.4 Å². The molecule has 3 aromatic carbocycles. The van der Waals surface area contributed by atoms with Crippen LogP contribution in [0.25, 0.3) is 22.0 Å². The first-order chi connectivity index (χ1) is 19.2. The third kappa shape index (κ3) is 5.04. The Balaban J connectivity index is 1.24. The molecule has 1 aromatic heterocycles. The van der Waals surface area contributed by atoms with E-state index in [1.165, 1.54) is 5.56 Å². The summed E-state index contributed by atoms with van der Waals surface area (Å²) in [5.74, 6) is 4.22. The predicted octanol–water partition coefficient (Wildman–Crippen LogP) is 5.53. The highest BCUT2D eigenvalue weighted by molar-refractivity contribution is 6.01. The van der Waals surface area contributed by atoms with Crippen LogP contribution in [0, 0.1) is 0 Å². The van der Waals surface area contributed by atoms with Crippen LogP contribution in [0.1, 0.15) is 25.3 Å². The van der Waals surface area contributed by atoms with Crippen molar-refractivity contribution >= 4 is 16.6 Å². The second kappa shape index (κ2) is 11.0. The average Bonchev–Trinajstić information content (AvgIpc) is 3.46. The largest absolute Gasteiger partial charge is 0.497 e. The van der Waals surface area contributed by atoms with E-state index in [2.05, 4.69) is 41.0 Å². The van der Waals surface area contributed by atoms with E-state index in [-0.39, 0.29) is 0 Å². The molecule has 0 atom stereocenters. The summed E-state index contributed by atoms with van der Waals surface area (Å²) in [5.41, 5.74) is 3.11. The van der Waals surface area contributed by atoms with E-state index >= 15 is 0 Å². The summed E-state index contributed by atoms with van der Waals surface area (Å²) in [6.07, 6.45) is 2.12. The van der Waals surface area contributed by atoms with Crippen LogP contribution in [0.15, 0.2) is 60.7 Å². The van der Waals surface area contributed by atoms with Gasteiger partial charge in [0, 0.05) is 48.6 Å². The number of rotatable bonds is 8. The number of nitrogens with zero attached hydrogens (tertiary/aromatic N) is 4. The topological polar surface area (TPSA) is 69.2 Å². The second-order valence-corrected chi connectivity index (χ2v) is 9.99. The molecule has 202 valence electrons. The van der Waals surface area contributed by atoms with E-state index in [0.29, 0.717) is 12.8 Å². The number of aromatic nitrogens is 2. The van der Waals surface area contributed by atoms with Crippen LogP contribution in [0.3, 0.4) is 0 Å². The van der Waals surface area contributed by atoms with Crippen LogP contribution in [0.4, 0.5) is 5.82 Å². The molecule has 0 bridgehead atoms. The summed E-state index contributed by atoms with van der Waals surface area (Å²) < 4.78 is 22.0. The summed E-state index contributed by atoms with van der Waals surface area (Å²) in [4.78, 5) is 4.94. The minimum absolute atomic E-state index is 0.307. The molecule has 1 saturated heterocycles. The molecule has 8 heteroatoms. The molecule has 8 nitrogen and oxygen atoms in total. The molecule has 0 radical (unpaired) electrons. The molecular weight excluding hydrogens is 492 g/mol. The predicted molar refractivity (Wildman–Crippen MR) is 152 cm³/mol. The van der Waals surface area contributed by atoms with Gasteiger partial charge in [0.05, 0.1) is 14.2 Å². The van der Waals surface area contributed by atoms with Gasteiger partial charge in [0.1, 0.15) is 17.2 Å². The molecule has 2 aliphatic heterocycles. The fraction of sp³-hybridized carbons (Fsp3) is 0.355. The van der Waals surface area contributed by atoms with E-state index in [9.17, 15) is 0 Å². The van der Waals surface area contributed by atoms with Gasteiger partial charge in [0.2, 0.25) is 6.79 Å². The van der Waals surface area contributed by atoms with E-state index in [0.717, 1.165) is 89.9 Å². The van der Waals surface area contributed by atoms with Gasteiger partial charge in [-0.25, -0.2) is 0 Å². The van der Waals surface area contributed by atoms with Crippen molar-refractivity contribution in [3.8, 4) is 34.3 Å². The van der Waals surface area contributed by atoms with Crippen molar-refractivity contribution in [3.05, 3.63) is 66.2 Å². The van der Waals surface area contributed by atoms with Crippen molar-refractivity contribution < 1.29 is 18.9 Å². The van der Waals surface area contributed by atoms with Crippen LogP contribution in [-0.2, 0) is 6.54 Å².